The fraction of sp³-hybridized carbons (Fsp3) is 0.875. The second kappa shape index (κ2) is 3.69. The van der Waals surface area contributed by atoms with Crippen LogP contribution in [-0.4, -0.2) is 12.5 Å². The summed E-state index contributed by atoms with van der Waals surface area (Å²) in [6.45, 7) is 0. The molecule has 0 amide bonds. The zero-order chi connectivity index (χ0) is 7.40. The van der Waals surface area contributed by atoms with Crippen LogP contribution in [0.2, 0.25) is 0 Å². The molecule has 0 spiro atoms. The summed E-state index contributed by atoms with van der Waals surface area (Å²) in [5, 5.41) is 0. The average molecular weight is 144 g/mol. The van der Waals surface area contributed by atoms with Gasteiger partial charge in [-0.05, 0) is 25.2 Å². The van der Waals surface area contributed by atoms with Gasteiger partial charge in [0.15, 0.2) is 0 Å². The van der Waals surface area contributed by atoms with E-state index in [2.05, 4.69) is 0 Å². The number of hydrogen-bond donors (Lipinski definition) is 0. The number of carbonyl (C=O) groups excluding carboxylic acids is 1. The van der Waals surface area contributed by atoms with Crippen molar-refractivity contribution < 1.29 is 9.18 Å². The fourth-order valence-electron chi connectivity index (χ4n) is 1.58. The van der Waals surface area contributed by atoms with E-state index in [0.29, 0.717) is 25.2 Å². The van der Waals surface area contributed by atoms with Gasteiger partial charge in [-0.3, -0.25) is 0 Å². The molecule has 0 aromatic carbocycles. The van der Waals surface area contributed by atoms with Gasteiger partial charge in [-0.15, -0.1) is 0 Å². The molecule has 0 N–H and O–H groups in total. The van der Waals surface area contributed by atoms with Gasteiger partial charge in [0.25, 0.3) is 0 Å². The number of carbonyl (C=O) groups is 1. The average Bonchev–Trinajstić information content (AvgIpc) is 1.88. The maximum Gasteiger partial charge on any atom is 0.120 e. The quantitative estimate of drug-likeness (QED) is 0.542. The molecule has 0 heterocycles. The van der Waals surface area contributed by atoms with Crippen LogP contribution < -0.4 is 0 Å². The second-order valence-electron chi connectivity index (χ2n) is 3.03. The molecule has 0 radical (unpaired) electrons. The van der Waals surface area contributed by atoms with Gasteiger partial charge in [0, 0.05) is 6.42 Å². The molecule has 0 saturated heterocycles. The van der Waals surface area contributed by atoms with Gasteiger partial charge in [-0.2, -0.15) is 0 Å². The lowest BCUT2D eigenvalue weighted by Gasteiger charge is -2.22. The molecule has 2 heteroatoms. The van der Waals surface area contributed by atoms with Gasteiger partial charge in [0.1, 0.15) is 12.5 Å². The van der Waals surface area contributed by atoms with Crippen molar-refractivity contribution in [2.75, 3.05) is 0 Å². The summed E-state index contributed by atoms with van der Waals surface area (Å²) in [5.74, 6) is 0.334. The fourth-order valence-corrected chi connectivity index (χ4v) is 1.58. The van der Waals surface area contributed by atoms with Crippen LogP contribution in [-0.2, 0) is 4.79 Å². The highest BCUT2D eigenvalue weighted by Gasteiger charge is 2.20. The van der Waals surface area contributed by atoms with Crippen LogP contribution in [0.4, 0.5) is 4.39 Å². The Morgan fingerprint density at radius 1 is 1.50 bits per heavy atom. The first-order valence-corrected chi connectivity index (χ1v) is 3.90. The Bertz CT molecular complexity index is 114. The first-order chi connectivity index (χ1) is 4.83. The Kier molecular flexibility index (Phi) is 2.84. The summed E-state index contributed by atoms with van der Waals surface area (Å²) < 4.78 is 12.6. The molecule has 1 nitrogen and oxygen atoms in total. The normalized spacial score (nSPS) is 33.7. The van der Waals surface area contributed by atoms with Crippen molar-refractivity contribution in [3.8, 4) is 0 Å². The Labute approximate surface area is 60.6 Å². The van der Waals surface area contributed by atoms with Gasteiger partial charge < -0.3 is 4.79 Å². The van der Waals surface area contributed by atoms with Gasteiger partial charge in [0.05, 0.1) is 0 Å². The Morgan fingerprint density at radius 2 is 2.30 bits per heavy atom. The zero-order valence-corrected chi connectivity index (χ0v) is 6.05. The van der Waals surface area contributed by atoms with Crippen molar-refractivity contribution in [2.24, 2.45) is 5.92 Å². The number of rotatable bonds is 2. The highest BCUT2D eigenvalue weighted by atomic mass is 19.1. The Balaban J connectivity index is 2.24. The minimum Gasteiger partial charge on any atom is -0.303 e. The lowest BCUT2D eigenvalue weighted by molar-refractivity contribution is -0.108. The molecular weight excluding hydrogens is 131 g/mol. The third-order valence-electron chi connectivity index (χ3n) is 2.15. The molecule has 10 heavy (non-hydrogen) atoms. The van der Waals surface area contributed by atoms with Crippen molar-refractivity contribution in [2.45, 2.75) is 38.3 Å². The Morgan fingerprint density at radius 3 is 2.90 bits per heavy atom. The molecule has 2 atom stereocenters. The van der Waals surface area contributed by atoms with Crippen molar-refractivity contribution in [1.29, 1.82) is 0 Å². The monoisotopic (exact) mass is 144 g/mol. The summed E-state index contributed by atoms with van der Waals surface area (Å²) in [4.78, 5) is 10.1. The minimum absolute atomic E-state index is 0.334. The molecule has 1 saturated carbocycles. The SMILES string of the molecule is O=CCC1CCCC(F)C1. The number of alkyl halides is 1. The molecule has 1 fully saturated rings. The summed E-state index contributed by atoms with van der Waals surface area (Å²) in [6, 6.07) is 0. The van der Waals surface area contributed by atoms with Crippen LogP contribution in [0.3, 0.4) is 0 Å². The van der Waals surface area contributed by atoms with E-state index in [4.69, 9.17) is 0 Å². The molecule has 0 aromatic rings. The standard InChI is InChI=1S/C8H13FO/c9-8-3-1-2-7(6-8)4-5-10/h5,7-8H,1-4,6H2. The van der Waals surface area contributed by atoms with Crippen LogP contribution in [0.1, 0.15) is 32.1 Å². The maximum atomic E-state index is 12.6. The molecule has 0 bridgehead atoms. The summed E-state index contributed by atoms with van der Waals surface area (Å²) in [7, 11) is 0. The van der Waals surface area contributed by atoms with Crippen LogP contribution in [0.25, 0.3) is 0 Å². The van der Waals surface area contributed by atoms with Crippen molar-refractivity contribution in [1.82, 2.24) is 0 Å². The first-order valence-electron chi connectivity index (χ1n) is 3.90. The summed E-state index contributed by atoms with van der Waals surface area (Å²) in [5.41, 5.74) is 0. The third kappa shape index (κ3) is 2.09. The largest absolute Gasteiger partial charge is 0.303 e. The van der Waals surface area contributed by atoms with Gasteiger partial charge in [-0.25, -0.2) is 4.39 Å². The lowest BCUT2D eigenvalue weighted by Crippen LogP contribution is -2.16. The Hall–Kier alpha value is -0.400. The van der Waals surface area contributed by atoms with E-state index >= 15 is 0 Å². The van der Waals surface area contributed by atoms with Crippen LogP contribution in [0, 0.1) is 5.92 Å². The van der Waals surface area contributed by atoms with E-state index in [1.807, 2.05) is 0 Å². The highest BCUT2D eigenvalue weighted by molar-refractivity contribution is 5.49. The van der Waals surface area contributed by atoms with Crippen molar-refractivity contribution in [3.63, 3.8) is 0 Å². The molecular formula is C8H13FO. The zero-order valence-electron chi connectivity index (χ0n) is 6.05. The first kappa shape index (κ1) is 7.70. The van der Waals surface area contributed by atoms with E-state index in [0.717, 1.165) is 19.1 Å². The van der Waals surface area contributed by atoms with Gasteiger partial charge >= 0.3 is 0 Å². The maximum absolute atomic E-state index is 12.6. The predicted octanol–water partition coefficient (Wildman–Crippen LogP) is 2.10. The lowest BCUT2D eigenvalue weighted by atomic mass is 9.86. The molecule has 58 valence electrons. The topological polar surface area (TPSA) is 17.1 Å². The molecule has 0 aliphatic heterocycles. The molecule has 1 rings (SSSR count). The molecule has 2 unspecified atom stereocenters. The molecule has 0 aromatic heterocycles. The molecule has 1 aliphatic carbocycles. The van der Waals surface area contributed by atoms with Crippen LogP contribution in [0.15, 0.2) is 0 Å². The van der Waals surface area contributed by atoms with E-state index in [9.17, 15) is 9.18 Å². The second-order valence-corrected chi connectivity index (χ2v) is 3.03. The summed E-state index contributed by atoms with van der Waals surface area (Å²) in [6.07, 6.45) is 4.13. The van der Waals surface area contributed by atoms with E-state index in [-0.39, 0.29) is 0 Å². The van der Waals surface area contributed by atoms with Crippen molar-refractivity contribution >= 4 is 6.29 Å². The van der Waals surface area contributed by atoms with Crippen molar-refractivity contribution in [3.05, 3.63) is 0 Å². The minimum atomic E-state index is -0.640. The number of halogens is 1. The van der Waals surface area contributed by atoms with Crippen LogP contribution >= 0.6 is 0 Å². The van der Waals surface area contributed by atoms with E-state index in [1.54, 1.807) is 0 Å². The predicted molar refractivity (Wildman–Crippen MR) is 37.5 cm³/mol. The van der Waals surface area contributed by atoms with Gasteiger partial charge in [0.2, 0.25) is 0 Å². The van der Waals surface area contributed by atoms with E-state index < -0.39 is 6.17 Å². The number of hydrogen-bond acceptors (Lipinski definition) is 1. The highest BCUT2D eigenvalue weighted by Crippen LogP contribution is 2.27. The smallest absolute Gasteiger partial charge is 0.120 e. The molecule has 1 aliphatic rings. The number of aldehydes is 1. The van der Waals surface area contributed by atoms with Crippen LogP contribution in [0.5, 0.6) is 0 Å². The van der Waals surface area contributed by atoms with E-state index in [1.165, 1.54) is 0 Å². The third-order valence-corrected chi connectivity index (χ3v) is 2.15. The van der Waals surface area contributed by atoms with Gasteiger partial charge in [-0.1, -0.05) is 6.42 Å². The summed E-state index contributed by atoms with van der Waals surface area (Å²) >= 11 is 0.